The molecule has 0 aromatic carbocycles. The Bertz CT molecular complexity index is 710. The minimum absolute atomic E-state index is 0.431. The molecular weight excluding hydrogens is 332 g/mol. The second kappa shape index (κ2) is 15.4. The normalized spacial score (nSPS) is 15.3. The van der Waals surface area contributed by atoms with Crippen molar-refractivity contribution in [3.8, 4) is 6.07 Å². The van der Waals surface area contributed by atoms with Gasteiger partial charge in [-0.15, -0.1) is 0 Å². The highest BCUT2D eigenvalue weighted by atomic mass is 16.3. The van der Waals surface area contributed by atoms with E-state index in [9.17, 15) is 0 Å². The maximum absolute atomic E-state index is 8.29. The monoisotopic (exact) mass is 364 g/mol. The van der Waals surface area contributed by atoms with Gasteiger partial charge in [0.15, 0.2) is 0 Å². The molecule has 2 unspecified atom stereocenters. The molecule has 0 saturated carbocycles. The van der Waals surface area contributed by atoms with Gasteiger partial charge < -0.3 is 10.2 Å². The van der Waals surface area contributed by atoms with Crippen molar-refractivity contribution >= 4 is 0 Å². The van der Waals surface area contributed by atoms with Crippen LogP contribution >= 0.6 is 0 Å². The van der Waals surface area contributed by atoms with Crippen LogP contribution in [0.2, 0.25) is 0 Å². The van der Waals surface area contributed by atoms with Crippen LogP contribution in [0.1, 0.15) is 45.7 Å². The van der Waals surface area contributed by atoms with Gasteiger partial charge in [-0.3, -0.25) is 0 Å². The van der Waals surface area contributed by atoms with Crippen molar-refractivity contribution in [3.05, 3.63) is 96.6 Å². The molecule has 0 amide bonds. The van der Waals surface area contributed by atoms with Gasteiger partial charge in [-0.2, -0.15) is 5.26 Å². The van der Waals surface area contributed by atoms with Gasteiger partial charge in [0.2, 0.25) is 0 Å². The van der Waals surface area contributed by atoms with Gasteiger partial charge in [-0.05, 0) is 30.6 Å². The Morgan fingerprint density at radius 2 is 2.11 bits per heavy atom. The molecule has 0 aliphatic heterocycles. The quantitative estimate of drug-likeness (QED) is 0.600. The zero-order valence-electron chi connectivity index (χ0n) is 16.9. The van der Waals surface area contributed by atoms with Gasteiger partial charge in [0.05, 0.1) is 18.6 Å². The molecule has 2 atom stereocenters. The Balaban J connectivity index is 0.000000519. The molecular formula is C24H32N2O. The molecule has 1 aromatic heterocycles. The van der Waals surface area contributed by atoms with E-state index in [1.54, 1.807) is 6.07 Å². The molecule has 3 nitrogen and oxygen atoms in total. The Morgan fingerprint density at radius 3 is 2.67 bits per heavy atom. The highest BCUT2D eigenvalue weighted by molar-refractivity contribution is 5.38. The van der Waals surface area contributed by atoms with Crippen molar-refractivity contribution < 1.29 is 4.42 Å². The maximum atomic E-state index is 8.29. The number of nitrogens with two attached hydrogens (primary N) is 1. The van der Waals surface area contributed by atoms with E-state index in [4.69, 9.17) is 15.4 Å². The lowest BCUT2D eigenvalue weighted by Gasteiger charge is -2.13. The van der Waals surface area contributed by atoms with Crippen molar-refractivity contribution in [2.75, 3.05) is 0 Å². The smallest absolute Gasteiger partial charge is 0.121 e. The zero-order chi connectivity index (χ0) is 20.5. The fraction of sp³-hybridized carbons (Fsp3) is 0.292. The van der Waals surface area contributed by atoms with E-state index >= 15 is 0 Å². The largest absolute Gasteiger partial charge is 0.472 e. The van der Waals surface area contributed by atoms with E-state index in [0.717, 1.165) is 12.0 Å². The molecule has 1 aliphatic carbocycles. The first-order valence-electron chi connectivity index (χ1n) is 9.29. The van der Waals surface area contributed by atoms with Crippen LogP contribution in [0.15, 0.2) is 95.4 Å². The van der Waals surface area contributed by atoms with Gasteiger partial charge in [-0.25, -0.2) is 0 Å². The second-order valence-electron chi connectivity index (χ2n) is 5.50. The van der Waals surface area contributed by atoms with E-state index in [-0.39, 0.29) is 0 Å². The first-order chi connectivity index (χ1) is 13.1. The van der Waals surface area contributed by atoms with Gasteiger partial charge >= 0.3 is 0 Å². The second-order valence-corrected chi connectivity index (χ2v) is 5.50. The molecule has 27 heavy (non-hydrogen) atoms. The first kappa shape index (κ1) is 24.2. The fourth-order valence-corrected chi connectivity index (χ4v) is 2.27. The van der Waals surface area contributed by atoms with Gasteiger partial charge in [-0.1, -0.05) is 82.0 Å². The molecule has 0 fully saturated rings. The van der Waals surface area contributed by atoms with Crippen molar-refractivity contribution in [1.29, 1.82) is 5.26 Å². The highest BCUT2D eigenvalue weighted by Gasteiger charge is 2.08. The van der Waals surface area contributed by atoms with E-state index in [1.165, 1.54) is 23.7 Å². The van der Waals surface area contributed by atoms with Crippen molar-refractivity contribution in [1.82, 2.24) is 0 Å². The number of hydrogen-bond donors (Lipinski definition) is 1. The number of furan rings is 1. The molecule has 1 heterocycles. The van der Waals surface area contributed by atoms with Crippen LogP contribution in [-0.4, -0.2) is 0 Å². The predicted molar refractivity (Wildman–Crippen MR) is 116 cm³/mol. The Kier molecular flexibility index (Phi) is 13.8. The minimum Gasteiger partial charge on any atom is -0.472 e. The average molecular weight is 365 g/mol. The van der Waals surface area contributed by atoms with Crippen LogP contribution < -0.4 is 5.73 Å². The molecule has 3 heteroatoms. The molecule has 1 aliphatic rings. The number of nitrogens with zero attached hydrogens (tertiary/aromatic N) is 1. The summed E-state index contributed by atoms with van der Waals surface area (Å²) in [5.41, 5.74) is 8.72. The third-order valence-corrected chi connectivity index (χ3v) is 3.81. The lowest BCUT2D eigenvalue weighted by Crippen LogP contribution is -2.05. The van der Waals surface area contributed by atoms with Crippen molar-refractivity contribution in [2.24, 2.45) is 11.7 Å². The lowest BCUT2D eigenvalue weighted by atomic mass is 9.91. The number of nitriles is 1. The maximum Gasteiger partial charge on any atom is 0.121 e. The molecule has 0 spiro atoms. The third kappa shape index (κ3) is 9.44. The number of rotatable bonds is 5. The summed E-state index contributed by atoms with van der Waals surface area (Å²) in [4.78, 5) is 0. The number of allylic oxidation sites excluding steroid dienone is 11. The minimum atomic E-state index is -0.552. The van der Waals surface area contributed by atoms with Crippen LogP contribution in [0.4, 0.5) is 0 Å². The van der Waals surface area contributed by atoms with Gasteiger partial charge in [0, 0.05) is 11.5 Å². The molecule has 144 valence electrons. The molecule has 0 radical (unpaired) electrons. The predicted octanol–water partition coefficient (Wildman–Crippen LogP) is 6.58. The summed E-state index contributed by atoms with van der Waals surface area (Å²) in [5, 5.41) is 8.29. The third-order valence-electron chi connectivity index (χ3n) is 3.81. The average Bonchev–Trinajstić information content (AvgIpc) is 3.12. The summed E-state index contributed by atoms with van der Waals surface area (Å²) in [7, 11) is 0. The molecule has 2 N–H and O–H groups in total. The van der Waals surface area contributed by atoms with Crippen molar-refractivity contribution in [3.63, 3.8) is 0 Å². The molecule has 0 saturated heterocycles. The first-order valence-corrected chi connectivity index (χ1v) is 9.29. The summed E-state index contributed by atoms with van der Waals surface area (Å²) >= 11 is 0. The van der Waals surface area contributed by atoms with Crippen LogP contribution in [0.25, 0.3) is 0 Å². The fourth-order valence-electron chi connectivity index (χ4n) is 2.27. The summed E-state index contributed by atoms with van der Waals surface area (Å²) in [6.07, 6.45) is 23.0. The van der Waals surface area contributed by atoms with Crippen LogP contribution in [0.5, 0.6) is 0 Å². The Morgan fingerprint density at radius 1 is 1.37 bits per heavy atom. The van der Waals surface area contributed by atoms with Crippen LogP contribution in [0, 0.1) is 17.2 Å². The van der Waals surface area contributed by atoms with Crippen LogP contribution in [-0.2, 0) is 0 Å². The summed E-state index contributed by atoms with van der Waals surface area (Å²) in [6, 6.07) is 3.01. The van der Waals surface area contributed by atoms with E-state index in [2.05, 4.69) is 63.0 Å². The zero-order valence-corrected chi connectivity index (χ0v) is 16.9. The number of hydrogen-bond acceptors (Lipinski definition) is 3. The van der Waals surface area contributed by atoms with E-state index in [0.29, 0.717) is 5.92 Å². The van der Waals surface area contributed by atoms with Gasteiger partial charge in [0.25, 0.3) is 0 Å². The summed E-state index contributed by atoms with van der Waals surface area (Å²) in [6.45, 7) is 12.0. The summed E-state index contributed by atoms with van der Waals surface area (Å²) < 4.78 is 4.71. The van der Waals surface area contributed by atoms with Crippen molar-refractivity contribution in [2.45, 2.75) is 40.2 Å². The highest BCUT2D eigenvalue weighted by Crippen LogP contribution is 2.23. The lowest BCUT2D eigenvalue weighted by molar-refractivity contribution is 0.562. The topological polar surface area (TPSA) is 63.0 Å². The SMILES string of the molecule is C=C/C=C\C(=C/C)C(C)C1=CC=CCC=C1.CC.N#CC(N)c1ccoc1. The van der Waals surface area contributed by atoms with Gasteiger partial charge in [0.1, 0.15) is 6.04 Å². The van der Waals surface area contributed by atoms with E-state index < -0.39 is 6.04 Å². The molecule has 2 rings (SSSR count). The Labute approximate surface area is 164 Å². The molecule has 1 aromatic rings. The van der Waals surface area contributed by atoms with Crippen LogP contribution in [0.3, 0.4) is 0 Å². The Hall–Kier alpha value is -2.83. The standard InChI is InChI=1S/C16H20.C6H6N2O.C2H6/c1-4-6-11-15(5-2)14(3)16-12-9-7-8-10-13-16;7-3-6(8)5-1-2-9-4-5;1-2/h4-7,9-14H,1,8H2,2-3H3;1-2,4,6H,8H2;1-2H3/b11-6-,15-5+;;. The van der Waals surface area contributed by atoms with E-state index in [1.807, 2.05) is 32.1 Å². The summed E-state index contributed by atoms with van der Waals surface area (Å²) in [5.74, 6) is 0.431. The molecule has 0 bridgehead atoms.